The molecule has 0 unspecified atom stereocenters. The topological polar surface area (TPSA) is 69.2 Å². The van der Waals surface area contributed by atoms with Crippen molar-refractivity contribution in [1.29, 1.82) is 0 Å². The summed E-state index contributed by atoms with van der Waals surface area (Å²) >= 11 is 0. The van der Waals surface area contributed by atoms with Gasteiger partial charge in [-0.05, 0) is 35.9 Å². The SMILES string of the molecule is CN(Cc1cccc(O)c1)C(=O)c1ccc2nc[nH]c2c1. The van der Waals surface area contributed by atoms with Crippen molar-refractivity contribution in [3.05, 3.63) is 59.9 Å². The maximum Gasteiger partial charge on any atom is 0.253 e. The number of imidazole rings is 1. The Labute approximate surface area is 121 Å². The number of fused-ring (bicyclic) bond motifs is 1. The van der Waals surface area contributed by atoms with E-state index in [2.05, 4.69) is 9.97 Å². The van der Waals surface area contributed by atoms with Crippen LogP contribution in [0.1, 0.15) is 15.9 Å². The maximum atomic E-state index is 12.4. The molecule has 0 spiro atoms. The zero-order valence-corrected chi connectivity index (χ0v) is 11.6. The van der Waals surface area contributed by atoms with Crippen LogP contribution in [0.15, 0.2) is 48.8 Å². The molecule has 0 radical (unpaired) electrons. The van der Waals surface area contributed by atoms with E-state index in [1.807, 2.05) is 12.1 Å². The molecule has 0 fully saturated rings. The van der Waals surface area contributed by atoms with Gasteiger partial charge in [0.05, 0.1) is 17.4 Å². The van der Waals surface area contributed by atoms with Crippen LogP contribution in [-0.4, -0.2) is 32.9 Å². The van der Waals surface area contributed by atoms with Crippen molar-refractivity contribution in [3.8, 4) is 5.75 Å². The molecule has 3 aromatic rings. The molecule has 2 aromatic carbocycles. The van der Waals surface area contributed by atoms with Crippen LogP contribution in [0.4, 0.5) is 0 Å². The molecule has 1 heterocycles. The fourth-order valence-electron chi connectivity index (χ4n) is 2.29. The summed E-state index contributed by atoms with van der Waals surface area (Å²) < 4.78 is 0. The van der Waals surface area contributed by atoms with Crippen LogP contribution in [0.2, 0.25) is 0 Å². The summed E-state index contributed by atoms with van der Waals surface area (Å²) in [5.41, 5.74) is 3.16. The Morgan fingerprint density at radius 1 is 1.29 bits per heavy atom. The second-order valence-corrected chi connectivity index (χ2v) is 4.97. The predicted molar refractivity (Wildman–Crippen MR) is 80.0 cm³/mol. The molecular weight excluding hydrogens is 266 g/mol. The standard InChI is InChI=1S/C16H15N3O2/c1-19(9-11-3-2-4-13(20)7-11)16(21)12-5-6-14-15(8-12)18-10-17-14/h2-8,10,20H,9H2,1H3,(H,17,18). The fraction of sp³-hybridized carbons (Fsp3) is 0.125. The van der Waals surface area contributed by atoms with E-state index in [9.17, 15) is 9.90 Å². The zero-order valence-electron chi connectivity index (χ0n) is 11.6. The van der Waals surface area contributed by atoms with Gasteiger partial charge >= 0.3 is 0 Å². The Kier molecular flexibility index (Phi) is 3.31. The third-order valence-corrected chi connectivity index (χ3v) is 3.34. The number of nitrogens with one attached hydrogen (secondary N) is 1. The van der Waals surface area contributed by atoms with E-state index < -0.39 is 0 Å². The van der Waals surface area contributed by atoms with Crippen LogP contribution in [0, 0.1) is 0 Å². The van der Waals surface area contributed by atoms with Gasteiger partial charge in [-0.1, -0.05) is 12.1 Å². The average molecular weight is 281 g/mol. The quantitative estimate of drug-likeness (QED) is 0.775. The van der Waals surface area contributed by atoms with Crippen molar-refractivity contribution in [2.75, 3.05) is 7.05 Å². The van der Waals surface area contributed by atoms with Gasteiger partial charge in [0.15, 0.2) is 0 Å². The normalized spacial score (nSPS) is 10.7. The van der Waals surface area contributed by atoms with Gasteiger partial charge in [-0.2, -0.15) is 0 Å². The lowest BCUT2D eigenvalue weighted by Crippen LogP contribution is -2.26. The molecule has 0 aliphatic heterocycles. The molecule has 1 aromatic heterocycles. The van der Waals surface area contributed by atoms with E-state index >= 15 is 0 Å². The Hall–Kier alpha value is -2.82. The summed E-state index contributed by atoms with van der Waals surface area (Å²) in [6.07, 6.45) is 1.61. The van der Waals surface area contributed by atoms with Gasteiger partial charge in [0, 0.05) is 19.2 Å². The van der Waals surface area contributed by atoms with Gasteiger partial charge in [0.25, 0.3) is 5.91 Å². The number of phenols is 1. The highest BCUT2D eigenvalue weighted by molar-refractivity contribution is 5.97. The number of phenolic OH excluding ortho intramolecular Hbond substituents is 1. The minimum Gasteiger partial charge on any atom is -0.508 e. The lowest BCUT2D eigenvalue weighted by molar-refractivity contribution is 0.0785. The monoisotopic (exact) mass is 281 g/mol. The molecule has 0 atom stereocenters. The number of hydrogen-bond donors (Lipinski definition) is 2. The Bertz CT molecular complexity index is 795. The second kappa shape index (κ2) is 5.28. The van der Waals surface area contributed by atoms with E-state index in [1.54, 1.807) is 48.6 Å². The van der Waals surface area contributed by atoms with Crippen molar-refractivity contribution in [1.82, 2.24) is 14.9 Å². The van der Waals surface area contributed by atoms with E-state index in [1.165, 1.54) is 0 Å². The van der Waals surface area contributed by atoms with Gasteiger partial charge in [0.1, 0.15) is 5.75 Å². The Morgan fingerprint density at radius 2 is 2.14 bits per heavy atom. The summed E-state index contributed by atoms with van der Waals surface area (Å²) in [7, 11) is 1.74. The molecule has 5 heteroatoms. The van der Waals surface area contributed by atoms with E-state index in [-0.39, 0.29) is 11.7 Å². The van der Waals surface area contributed by atoms with Gasteiger partial charge < -0.3 is 15.0 Å². The first-order chi connectivity index (χ1) is 10.1. The molecule has 21 heavy (non-hydrogen) atoms. The van der Waals surface area contributed by atoms with Gasteiger partial charge in [-0.15, -0.1) is 0 Å². The van der Waals surface area contributed by atoms with Crippen LogP contribution >= 0.6 is 0 Å². The molecule has 1 amide bonds. The summed E-state index contributed by atoms with van der Waals surface area (Å²) in [6.45, 7) is 0.439. The Morgan fingerprint density at radius 3 is 2.95 bits per heavy atom. The molecule has 5 nitrogen and oxygen atoms in total. The Balaban J connectivity index is 1.80. The van der Waals surface area contributed by atoms with Gasteiger partial charge in [0.2, 0.25) is 0 Å². The minimum atomic E-state index is -0.0742. The van der Waals surface area contributed by atoms with Crippen LogP contribution in [0.3, 0.4) is 0 Å². The smallest absolute Gasteiger partial charge is 0.253 e. The summed E-state index contributed by atoms with van der Waals surface area (Å²) in [5.74, 6) is 0.127. The number of rotatable bonds is 3. The summed E-state index contributed by atoms with van der Waals surface area (Å²) in [6, 6.07) is 12.3. The summed E-state index contributed by atoms with van der Waals surface area (Å²) in [5, 5.41) is 9.46. The molecule has 0 saturated heterocycles. The second-order valence-electron chi connectivity index (χ2n) is 4.97. The highest BCUT2D eigenvalue weighted by Gasteiger charge is 2.13. The molecule has 3 rings (SSSR count). The number of amides is 1. The number of aromatic hydroxyl groups is 1. The first-order valence-corrected chi connectivity index (χ1v) is 6.60. The van der Waals surface area contributed by atoms with Gasteiger partial charge in [-0.25, -0.2) is 4.98 Å². The molecule has 0 bridgehead atoms. The lowest BCUT2D eigenvalue weighted by atomic mass is 10.1. The van der Waals surface area contributed by atoms with Gasteiger partial charge in [-0.3, -0.25) is 4.79 Å². The van der Waals surface area contributed by atoms with Crippen molar-refractivity contribution in [2.45, 2.75) is 6.54 Å². The van der Waals surface area contributed by atoms with Crippen molar-refractivity contribution in [3.63, 3.8) is 0 Å². The first-order valence-electron chi connectivity index (χ1n) is 6.60. The highest BCUT2D eigenvalue weighted by Crippen LogP contribution is 2.16. The number of carbonyl (C=O) groups excluding carboxylic acids is 1. The third-order valence-electron chi connectivity index (χ3n) is 3.34. The van der Waals surface area contributed by atoms with Crippen molar-refractivity contribution >= 4 is 16.9 Å². The average Bonchev–Trinajstić information content (AvgIpc) is 2.93. The van der Waals surface area contributed by atoms with E-state index in [0.717, 1.165) is 16.6 Å². The highest BCUT2D eigenvalue weighted by atomic mass is 16.3. The van der Waals surface area contributed by atoms with Crippen LogP contribution in [0.25, 0.3) is 11.0 Å². The number of aromatic nitrogens is 2. The maximum absolute atomic E-state index is 12.4. The fourth-order valence-corrected chi connectivity index (χ4v) is 2.29. The van der Waals surface area contributed by atoms with Crippen LogP contribution in [-0.2, 0) is 6.54 Å². The number of H-pyrrole nitrogens is 1. The zero-order chi connectivity index (χ0) is 14.8. The van der Waals surface area contributed by atoms with Crippen molar-refractivity contribution in [2.24, 2.45) is 0 Å². The molecule has 0 saturated carbocycles. The third kappa shape index (κ3) is 2.72. The summed E-state index contributed by atoms with van der Waals surface area (Å²) in [4.78, 5) is 21.2. The van der Waals surface area contributed by atoms with E-state index in [4.69, 9.17) is 0 Å². The number of nitrogens with zero attached hydrogens (tertiary/aromatic N) is 2. The lowest BCUT2D eigenvalue weighted by Gasteiger charge is -2.17. The largest absolute Gasteiger partial charge is 0.508 e. The van der Waals surface area contributed by atoms with Crippen LogP contribution < -0.4 is 0 Å². The van der Waals surface area contributed by atoms with E-state index in [0.29, 0.717) is 12.1 Å². The first kappa shape index (κ1) is 13.2. The molecular formula is C16H15N3O2. The minimum absolute atomic E-state index is 0.0742. The van der Waals surface area contributed by atoms with Crippen molar-refractivity contribution < 1.29 is 9.90 Å². The molecule has 0 aliphatic carbocycles. The number of hydrogen-bond acceptors (Lipinski definition) is 3. The number of aromatic amines is 1. The predicted octanol–water partition coefficient (Wildman–Crippen LogP) is 2.54. The molecule has 106 valence electrons. The molecule has 2 N–H and O–H groups in total. The molecule has 0 aliphatic rings. The number of benzene rings is 2. The van der Waals surface area contributed by atoms with Crippen LogP contribution in [0.5, 0.6) is 5.75 Å². The number of carbonyl (C=O) groups is 1.